The molecule has 0 aromatic heterocycles. The minimum Gasteiger partial charge on any atom is -0.507 e. The van der Waals surface area contributed by atoms with E-state index in [2.05, 4.69) is 0 Å². The molecule has 47 heavy (non-hydrogen) atoms. The zero-order chi connectivity index (χ0) is 34.7. The third-order valence-corrected chi connectivity index (χ3v) is 7.90. The van der Waals surface area contributed by atoms with Crippen LogP contribution in [0.4, 0.5) is 0 Å². The summed E-state index contributed by atoms with van der Waals surface area (Å²) in [6.07, 6.45) is -0.168. The molecule has 0 aliphatic carbocycles. The number of benzene rings is 4. The van der Waals surface area contributed by atoms with Gasteiger partial charge in [-0.1, -0.05) is 82.3 Å². The normalized spacial score (nSPS) is 11.3. The molecule has 0 aliphatic rings. The van der Waals surface area contributed by atoms with Gasteiger partial charge in [0.1, 0.15) is 45.6 Å². The fourth-order valence-electron chi connectivity index (χ4n) is 5.72. The van der Waals surface area contributed by atoms with E-state index in [4.69, 9.17) is 0 Å². The van der Waals surface area contributed by atoms with Crippen LogP contribution in [0.15, 0.2) is 54.6 Å². The zero-order valence-electron chi connectivity index (χ0n) is 26.3. The molecule has 6 N–H and O–H groups in total. The number of aromatic hydroxyl groups is 6. The molecule has 4 rings (SSSR count). The predicted molar refractivity (Wildman–Crippen MR) is 174 cm³/mol. The van der Waals surface area contributed by atoms with E-state index in [0.717, 1.165) is 11.1 Å². The Kier molecular flexibility index (Phi) is 10.0. The number of Topliss-reactive ketones (excluding diaryl/α,β-unsaturated/α-hetero) is 2. The van der Waals surface area contributed by atoms with Crippen LogP contribution in [0.5, 0.6) is 34.5 Å². The number of aldehydes is 2. The van der Waals surface area contributed by atoms with Gasteiger partial charge >= 0.3 is 0 Å². The Morgan fingerprint density at radius 3 is 1.30 bits per heavy atom. The van der Waals surface area contributed by atoms with Crippen molar-refractivity contribution in [3.63, 3.8) is 0 Å². The molecule has 0 amide bonds. The summed E-state index contributed by atoms with van der Waals surface area (Å²) in [4.78, 5) is 51.0. The minimum absolute atomic E-state index is 0.0836. The number of hydrogen-bond donors (Lipinski definition) is 6. The van der Waals surface area contributed by atoms with Crippen molar-refractivity contribution >= 4 is 24.1 Å². The van der Waals surface area contributed by atoms with Crippen molar-refractivity contribution in [1.82, 2.24) is 0 Å². The second-order valence-corrected chi connectivity index (χ2v) is 12.2. The van der Waals surface area contributed by atoms with Gasteiger partial charge in [0, 0.05) is 29.9 Å². The van der Waals surface area contributed by atoms with E-state index >= 15 is 0 Å². The van der Waals surface area contributed by atoms with Crippen LogP contribution in [-0.2, 0) is 0 Å². The summed E-state index contributed by atoms with van der Waals surface area (Å²) in [6, 6.07) is 15.6. The Hall–Kier alpha value is -5.64. The molecular formula is C37H36O10. The molecule has 244 valence electrons. The maximum atomic E-state index is 13.3. The molecule has 0 saturated carbocycles. The van der Waals surface area contributed by atoms with Crippen molar-refractivity contribution in [2.24, 2.45) is 11.8 Å². The second-order valence-electron chi connectivity index (χ2n) is 12.2. The van der Waals surface area contributed by atoms with Crippen LogP contribution in [0.2, 0.25) is 0 Å². The first-order valence-electron chi connectivity index (χ1n) is 15.0. The molecule has 10 heteroatoms. The minimum atomic E-state index is -1.67. The summed E-state index contributed by atoms with van der Waals surface area (Å²) in [5, 5.41) is 67.8. The van der Waals surface area contributed by atoms with Gasteiger partial charge in [0.05, 0.1) is 11.1 Å². The summed E-state index contributed by atoms with van der Waals surface area (Å²) in [7, 11) is 0. The third-order valence-electron chi connectivity index (χ3n) is 7.90. The fraction of sp³-hybridized carbons (Fsp3) is 0.243. The van der Waals surface area contributed by atoms with Crippen molar-refractivity contribution in [1.29, 1.82) is 0 Å². The van der Waals surface area contributed by atoms with Crippen molar-refractivity contribution in [2.75, 3.05) is 0 Å². The summed E-state index contributed by atoms with van der Waals surface area (Å²) in [5.74, 6) is -9.50. The summed E-state index contributed by atoms with van der Waals surface area (Å²) >= 11 is 0. The third kappa shape index (κ3) is 6.40. The largest absolute Gasteiger partial charge is 0.507 e. The average Bonchev–Trinajstić information content (AvgIpc) is 3.00. The molecule has 0 unspecified atom stereocenters. The highest BCUT2D eigenvalue weighted by Crippen LogP contribution is 2.55. The smallest absolute Gasteiger partial charge is 0.170 e. The molecule has 0 heterocycles. The van der Waals surface area contributed by atoms with Crippen LogP contribution in [0.25, 0.3) is 11.1 Å². The lowest BCUT2D eigenvalue weighted by molar-refractivity contribution is 0.0952. The zero-order valence-corrected chi connectivity index (χ0v) is 26.3. The predicted octanol–water partition coefficient (Wildman–Crippen LogP) is 6.85. The quantitative estimate of drug-likeness (QED) is 0.0542. The molecule has 4 aromatic rings. The highest BCUT2D eigenvalue weighted by molar-refractivity contribution is 6.07. The number of carbonyl (C=O) groups excluding carboxylic acids is 4. The van der Waals surface area contributed by atoms with E-state index < -0.39 is 85.4 Å². The van der Waals surface area contributed by atoms with E-state index in [0.29, 0.717) is 0 Å². The van der Waals surface area contributed by atoms with Gasteiger partial charge in [-0.05, 0) is 28.5 Å². The highest BCUT2D eigenvalue weighted by Gasteiger charge is 2.38. The van der Waals surface area contributed by atoms with Crippen LogP contribution in [-0.4, -0.2) is 54.8 Å². The first-order valence-corrected chi connectivity index (χ1v) is 15.0. The molecule has 4 aromatic carbocycles. The molecule has 0 aliphatic heterocycles. The number of carbonyl (C=O) groups is 4. The average molecular weight is 641 g/mol. The molecule has 0 atom stereocenters. The van der Waals surface area contributed by atoms with Crippen LogP contribution in [0.1, 0.15) is 105 Å². The van der Waals surface area contributed by atoms with Crippen molar-refractivity contribution in [3.8, 4) is 45.6 Å². The fourth-order valence-corrected chi connectivity index (χ4v) is 5.72. The van der Waals surface area contributed by atoms with Gasteiger partial charge in [0.25, 0.3) is 0 Å². The molecule has 0 saturated heterocycles. The molecular weight excluding hydrogens is 604 g/mol. The summed E-state index contributed by atoms with van der Waals surface area (Å²) in [6.45, 7) is 6.87. The van der Waals surface area contributed by atoms with Crippen LogP contribution in [0.3, 0.4) is 0 Å². The van der Waals surface area contributed by atoms with Gasteiger partial charge < -0.3 is 30.6 Å². The van der Waals surface area contributed by atoms with Gasteiger partial charge in [0.15, 0.2) is 24.1 Å². The Labute approximate surface area is 271 Å². The number of hydrogen-bond acceptors (Lipinski definition) is 10. The summed E-state index contributed by atoms with van der Waals surface area (Å²) in [5.41, 5.74) is -2.31. The van der Waals surface area contributed by atoms with Gasteiger partial charge in [-0.15, -0.1) is 0 Å². The Morgan fingerprint density at radius 1 is 0.553 bits per heavy atom. The maximum Gasteiger partial charge on any atom is 0.170 e. The first kappa shape index (κ1) is 34.2. The molecule has 10 nitrogen and oxygen atoms in total. The first-order chi connectivity index (χ1) is 22.2. The van der Waals surface area contributed by atoms with E-state index in [1.54, 1.807) is 39.8 Å². The highest BCUT2D eigenvalue weighted by atomic mass is 16.3. The lowest BCUT2D eigenvalue weighted by Gasteiger charge is -2.27. The van der Waals surface area contributed by atoms with Gasteiger partial charge in [-0.3, -0.25) is 19.2 Å². The van der Waals surface area contributed by atoms with Crippen LogP contribution in [0, 0.1) is 11.8 Å². The topological polar surface area (TPSA) is 190 Å². The van der Waals surface area contributed by atoms with Crippen molar-refractivity contribution in [2.45, 2.75) is 46.5 Å². The van der Waals surface area contributed by atoms with Gasteiger partial charge in [-0.2, -0.15) is 0 Å². The van der Waals surface area contributed by atoms with Crippen LogP contribution < -0.4 is 0 Å². The monoisotopic (exact) mass is 640 g/mol. The number of ketones is 2. The van der Waals surface area contributed by atoms with E-state index in [9.17, 15) is 49.8 Å². The second kappa shape index (κ2) is 13.8. The van der Waals surface area contributed by atoms with E-state index in [1.165, 1.54) is 12.1 Å². The van der Waals surface area contributed by atoms with Crippen molar-refractivity contribution in [3.05, 3.63) is 93.5 Å². The van der Waals surface area contributed by atoms with E-state index in [-0.39, 0.29) is 42.8 Å². The number of rotatable bonds is 12. The summed E-state index contributed by atoms with van der Waals surface area (Å²) < 4.78 is 0. The Morgan fingerprint density at radius 2 is 0.936 bits per heavy atom. The van der Waals surface area contributed by atoms with E-state index in [1.807, 2.05) is 30.3 Å². The lowest BCUT2D eigenvalue weighted by Crippen LogP contribution is -2.13. The Balaban J connectivity index is 2.18. The molecule has 0 fully saturated rings. The standard InChI is InChI=1S/C37H36O10/c1-18(2)14-25(40)28-32(42)23(16-38)34(44)30(36(28)46)27(22-12-10-21(11-13-22)20-8-6-5-7-9-20)31-35(45)24(17-39)33(43)29(37(31)47)26(41)15-19(3)4/h5-13,16-19,27,42-47H,14-15H2,1-4H3. The Bertz CT molecular complexity index is 1760. The lowest BCUT2D eigenvalue weighted by atomic mass is 9.78. The van der Waals surface area contributed by atoms with Crippen molar-refractivity contribution < 1.29 is 49.8 Å². The molecule has 0 radical (unpaired) electrons. The number of phenols is 6. The SMILES string of the molecule is CC(C)CC(=O)c1c(O)c(C=O)c(O)c(C(c2ccc(-c3ccccc3)cc2)c2c(O)c(C=O)c(O)c(C(=O)CC(C)C)c2O)c1O. The number of phenolic OH excluding ortho intramolecular Hbond substituents is 6. The van der Waals surface area contributed by atoms with Gasteiger partial charge in [-0.25, -0.2) is 0 Å². The maximum absolute atomic E-state index is 13.3. The van der Waals surface area contributed by atoms with Crippen LogP contribution >= 0.6 is 0 Å². The molecule has 0 bridgehead atoms. The molecule has 0 spiro atoms. The van der Waals surface area contributed by atoms with Gasteiger partial charge in [0.2, 0.25) is 0 Å².